The molecule has 5 atom stereocenters. The largest absolute Gasteiger partial charge is 0.314 e. The molecule has 4 aliphatic carbocycles. The van der Waals surface area contributed by atoms with Crippen molar-refractivity contribution in [2.24, 2.45) is 29.1 Å². The first-order chi connectivity index (χ1) is 11.3. The molecule has 0 aromatic rings. The molecule has 0 amide bonds. The second-order valence-corrected chi connectivity index (χ2v) is 9.63. The molecule has 132 valence electrons. The van der Waals surface area contributed by atoms with Gasteiger partial charge in [-0.3, -0.25) is 4.79 Å². The number of fused-ring (bicyclic) bond motifs is 4. The highest BCUT2D eigenvalue weighted by atomic mass is 16.1. The Morgan fingerprint density at radius 2 is 1.88 bits per heavy atom. The fraction of sp³-hybridized carbons (Fsp3) is 0.773. The number of allylic oxidation sites excluding steroid dienone is 4. The van der Waals surface area contributed by atoms with Crippen LogP contribution in [0.25, 0.3) is 0 Å². The standard InChI is InChI=1S/C22H33NO/c1-13-11-22(23-5)14(2)6-9-18(22)17-12-21(3,4)19-10-15(24)7-8-16(19)20(13)17/h10,13-14,17-18,23H,6-9,11-12H2,1-5H3/t13?,14?,17?,18-,22?/m0/s1. The van der Waals surface area contributed by atoms with Crippen molar-refractivity contribution in [2.45, 2.75) is 71.8 Å². The molecule has 0 heterocycles. The lowest BCUT2D eigenvalue weighted by Crippen LogP contribution is -2.58. The fourth-order valence-electron chi connectivity index (χ4n) is 7.00. The molecule has 2 fully saturated rings. The molecule has 0 aromatic carbocycles. The van der Waals surface area contributed by atoms with Gasteiger partial charge in [-0.25, -0.2) is 0 Å². The van der Waals surface area contributed by atoms with Crippen molar-refractivity contribution in [2.75, 3.05) is 7.05 Å². The normalized spacial score (nSPS) is 43.9. The predicted molar refractivity (Wildman–Crippen MR) is 98.7 cm³/mol. The number of nitrogens with one attached hydrogen (secondary N) is 1. The zero-order valence-corrected chi connectivity index (χ0v) is 16.0. The zero-order chi connectivity index (χ0) is 17.3. The molecule has 2 heteroatoms. The summed E-state index contributed by atoms with van der Waals surface area (Å²) in [7, 11) is 2.19. The second kappa shape index (κ2) is 5.30. The number of carbonyl (C=O) groups is 1. The summed E-state index contributed by atoms with van der Waals surface area (Å²) in [4.78, 5) is 12.1. The summed E-state index contributed by atoms with van der Waals surface area (Å²) < 4.78 is 0. The van der Waals surface area contributed by atoms with Crippen molar-refractivity contribution in [1.29, 1.82) is 0 Å². The third-order valence-electron chi connectivity index (χ3n) is 8.04. The molecule has 1 N–H and O–H groups in total. The minimum atomic E-state index is 0.141. The van der Waals surface area contributed by atoms with Crippen molar-refractivity contribution in [1.82, 2.24) is 5.32 Å². The SMILES string of the molecule is CNC12CC(C)C3=C4CCC(=O)C=C4C(C)(C)CC3[C@@H]1CCC2C. The van der Waals surface area contributed by atoms with Crippen LogP contribution in [-0.4, -0.2) is 18.4 Å². The summed E-state index contributed by atoms with van der Waals surface area (Å²) in [6.45, 7) is 9.64. The van der Waals surface area contributed by atoms with E-state index < -0.39 is 0 Å². The van der Waals surface area contributed by atoms with Gasteiger partial charge in [0.05, 0.1) is 0 Å². The Kier molecular flexibility index (Phi) is 3.66. The van der Waals surface area contributed by atoms with Crippen LogP contribution in [0.3, 0.4) is 0 Å². The highest BCUT2D eigenvalue weighted by Gasteiger charge is 2.57. The van der Waals surface area contributed by atoms with Crippen LogP contribution in [0.15, 0.2) is 22.8 Å². The first-order valence-corrected chi connectivity index (χ1v) is 9.97. The Morgan fingerprint density at radius 1 is 1.12 bits per heavy atom. The van der Waals surface area contributed by atoms with E-state index in [1.165, 1.54) is 31.3 Å². The molecular weight excluding hydrogens is 294 g/mol. The average molecular weight is 328 g/mol. The van der Waals surface area contributed by atoms with Crippen LogP contribution in [0.4, 0.5) is 0 Å². The Morgan fingerprint density at radius 3 is 2.58 bits per heavy atom. The maximum atomic E-state index is 12.1. The van der Waals surface area contributed by atoms with Gasteiger partial charge < -0.3 is 5.32 Å². The Labute approximate surface area is 147 Å². The van der Waals surface area contributed by atoms with Crippen LogP contribution in [0.5, 0.6) is 0 Å². The quantitative estimate of drug-likeness (QED) is 0.759. The van der Waals surface area contributed by atoms with E-state index in [1.54, 1.807) is 11.1 Å². The highest BCUT2D eigenvalue weighted by molar-refractivity contribution is 5.93. The lowest BCUT2D eigenvalue weighted by molar-refractivity contribution is -0.115. The number of hydrogen-bond donors (Lipinski definition) is 1. The van der Waals surface area contributed by atoms with E-state index in [2.05, 4.69) is 40.1 Å². The lowest BCUT2D eigenvalue weighted by Gasteiger charge is -2.55. The number of rotatable bonds is 1. The second-order valence-electron chi connectivity index (χ2n) is 9.63. The van der Waals surface area contributed by atoms with Crippen molar-refractivity contribution in [3.8, 4) is 0 Å². The van der Waals surface area contributed by atoms with Crippen LogP contribution >= 0.6 is 0 Å². The van der Waals surface area contributed by atoms with E-state index in [0.29, 0.717) is 23.2 Å². The molecule has 4 aliphatic rings. The van der Waals surface area contributed by atoms with E-state index in [0.717, 1.165) is 24.7 Å². The molecule has 24 heavy (non-hydrogen) atoms. The Balaban J connectivity index is 1.87. The van der Waals surface area contributed by atoms with Gasteiger partial charge in [-0.2, -0.15) is 0 Å². The summed E-state index contributed by atoms with van der Waals surface area (Å²) in [5.41, 5.74) is 5.16. The predicted octanol–water partition coefficient (Wildman–Crippen LogP) is 4.66. The number of ketones is 1. The molecule has 0 aromatic heterocycles. The van der Waals surface area contributed by atoms with E-state index >= 15 is 0 Å². The maximum Gasteiger partial charge on any atom is 0.156 e. The van der Waals surface area contributed by atoms with Gasteiger partial charge in [0, 0.05) is 12.0 Å². The summed E-state index contributed by atoms with van der Waals surface area (Å²) >= 11 is 0. The van der Waals surface area contributed by atoms with E-state index in [-0.39, 0.29) is 5.41 Å². The van der Waals surface area contributed by atoms with Crippen LogP contribution in [0, 0.1) is 29.1 Å². The minimum Gasteiger partial charge on any atom is -0.314 e. The van der Waals surface area contributed by atoms with Crippen molar-refractivity contribution in [3.63, 3.8) is 0 Å². The van der Waals surface area contributed by atoms with Crippen LogP contribution in [-0.2, 0) is 4.79 Å². The van der Waals surface area contributed by atoms with Crippen LogP contribution < -0.4 is 5.32 Å². The van der Waals surface area contributed by atoms with E-state index in [4.69, 9.17) is 0 Å². The molecule has 0 saturated heterocycles. The summed E-state index contributed by atoms with van der Waals surface area (Å²) in [5.74, 6) is 3.23. The van der Waals surface area contributed by atoms with Crippen LogP contribution in [0.1, 0.15) is 66.2 Å². The average Bonchev–Trinajstić information content (AvgIpc) is 2.85. The third-order valence-corrected chi connectivity index (χ3v) is 8.04. The molecule has 0 spiro atoms. The van der Waals surface area contributed by atoms with Crippen molar-refractivity contribution >= 4 is 5.78 Å². The van der Waals surface area contributed by atoms with Crippen molar-refractivity contribution < 1.29 is 4.79 Å². The van der Waals surface area contributed by atoms with Gasteiger partial charge in [-0.1, -0.05) is 33.3 Å². The lowest BCUT2D eigenvalue weighted by atomic mass is 9.52. The first kappa shape index (κ1) is 16.6. The molecule has 4 rings (SSSR count). The van der Waals surface area contributed by atoms with Gasteiger partial charge in [-0.05, 0) is 85.5 Å². The van der Waals surface area contributed by atoms with Gasteiger partial charge in [0.25, 0.3) is 0 Å². The minimum absolute atomic E-state index is 0.141. The molecular formula is C22H33NO. The zero-order valence-electron chi connectivity index (χ0n) is 16.0. The highest BCUT2D eigenvalue weighted by Crippen LogP contribution is 2.62. The van der Waals surface area contributed by atoms with Gasteiger partial charge >= 0.3 is 0 Å². The molecule has 0 radical (unpaired) electrons. The van der Waals surface area contributed by atoms with Gasteiger partial charge in [-0.15, -0.1) is 0 Å². The Hall–Kier alpha value is -0.890. The third kappa shape index (κ3) is 2.08. The van der Waals surface area contributed by atoms with Gasteiger partial charge in [0.2, 0.25) is 0 Å². The molecule has 0 bridgehead atoms. The monoisotopic (exact) mass is 327 g/mol. The van der Waals surface area contributed by atoms with E-state index in [1.807, 2.05) is 6.08 Å². The number of carbonyl (C=O) groups excluding carboxylic acids is 1. The first-order valence-electron chi connectivity index (χ1n) is 9.97. The Bertz CT molecular complexity index is 640. The summed E-state index contributed by atoms with van der Waals surface area (Å²) in [5, 5.41) is 3.81. The van der Waals surface area contributed by atoms with Gasteiger partial charge in [0.1, 0.15) is 0 Å². The van der Waals surface area contributed by atoms with E-state index in [9.17, 15) is 4.79 Å². The molecule has 2 saturated carbocycles. The number of hydrogen-bond acceptors (Lipinski definition) is 2. The summed E-state index contributed by atoms with van der Waals surface area (Å²) in [6.07, 6.45) is 8.91. The van der Waals surface area contributed by atoms with Gasteiger partial charge in [0.15, 0.2) is 5.78 Å². The van der Waals surface area contributed by atoms with Crippen LogP contribution in [0.2, 0.25) is 0 Å². The summed E-state index contributed by atoms with van der Waals surface area (Å²) in [6, 6.07) is 0. The maximum absolute atomic E-state index is 12.1. The molecule has 0 aliphatic heterocycles. The molecule has 2 nitrogen and oxygen atoms in total. The van der Waals surface area contributed by atoms with Crippen molar-refractivity contribution in [3.05, 3.63) is 22.8 Å². The fourth-order valence-corrected chi connectivity index (χ4v) is 7.00. The topological polar surface area (TPSA) is 29.1 Å². The molecule has 4 unspecified atom stereocenters. The smallest absolute Gasteiger partial charge is 0.156 e.